The van der Waals surface area contributed by atoms with Crippen LogP contribution in [0.3, 0.4) is 0 Å². The minimum Gasteiger partial charge on any atom is -0.370 e. The molecule has 2 aromatic heterocycles. The molecule has 0 atom stereocenters. The van der Waals surface area contributed by atoms with Crippen LogP contribution in [0, 0.1) is 6.92 Å². The zero-order chi connectivity index (χ0) is 14.0. The molecule has 2 rings (SSSR count). The van der Waals surface area contributed by atoms with Gasteiger partial charge in [0.05, 0.1) is 15.6 Å². The SMILES string of the molecule is CCNc1nc(C(C)C)nc(-c2sccc2Cl)c1C. The molecular formula is C14H18ClN3S. The second kappa shape index (κ2) is 5.88. The first-order chi connectivity index (χ1) is 9.04. The van der Waals surface area contributed by atoms with Crippen LogP contribution in [0.2, 0.25) is 5.02 Å². The third kappa shape index (κ3) is 2.90. The average Bonchev–Trinajstić information content (AvgIpc) is 2.78. The largest absolute Gasteiger partial charge is 0.370 e. The molecule has 2 heterocycles. The van der Waals surface area contributed by atoms with E-state index in [1.54, 1.807) is 11.3 Å². The monoisotopic (exact) mass is 295 g/mol. The van der Waals surface area contributed by atoms with Gasteiger partial charge in [0.15, 0.2) is 0 Å². The Kier molecular flexibility index (Phi) is 4.42. The molecule has 0 saturated heterocycles. The summed E-state index contributed by atoms with van der Waals surface area (Å²) < 4.78 is 0. The van der Waals surface area contributed by atoms with E-state index in [2.05, 4.69) is 31.1 Å². The molecule has 0 bridgehead atoms. The lowest BCUT2D eigenvalue weighted by Crippen LogP contribution is -2.08. The summed E-state index contributed by atoms with van der Waals surface area (Å²) in [6.07, 6.45) is 0. The Bertz CT molecular complexity index is 578. The van der Waals surface area contributed by atoms with E-state index in [0.29, 0.717) is 0 Å². The number of nitrogens with one attached hydrogen (secondary N) is 1. The summed E-state index contributed by atoms with van der Waals surface area (Å²) in [6.45, 7) is 9.13. The second-order valence-corrected chi connectivity index (χ2v) is 6.01. The molecule has 19 heavy (non-hydrogen) atoms. The maximum Gasteiger partial charge on any atom is 0.134 e. The molecule has 0 spiro atoms. The van der Waals surface area contributed by atoms with E-state index in [0.717, 1.165) is 39.3 Å². The highest BCUT2D eigenvalue weighted by atomic mass is 35.5. The van der Waals surface area contributed by atoms with Crippen molar-refractivity contribution >= 4 is 28.8 Å². The number of hydrogen-bond acceptors (Lipinski definition) is 4. The molecule has 1 N–H and O–H groups in total. The maximum atomic E-state index is 6.24. The van der Waals surface area contributed by atoms with Crippen molar-refractivity contribution < 1.29 is 0 Å². The average molecular weight is 296 g/mol. The zero-order valence-corrected chi connectivity index (χ0v) is 13.2. The van der Waals surface area contributed by atoms with E-state index in [1.807, 2.05) is 18.4 Å². The van der Waals surface area contributed by atoms with Gasteiger partial charge >= 0.3 is 0 Å². The summed E-state index contributed by atoms with van der Waals surface area (Å²) in [5.41, 5.74) is 1.99. The van der Waals surface area contributed by atoms with Crippen LogP contribution in [-0.4, -0.2) is 16.5 Å². The maximum absolute atomic E-state index is 6.24. The van der Waals surface area contributed by atoms with Crippen LogP contribution in [0.15, 0.2) is 11.4 Å². The van der Waals surface area contributed by atoms with E-state index >= 15 is 0 Å². The van der Waals surface area contributed by atoms with Gasteiger partial charge < -0.3 is 5.32 Å². The highest BCUT2D eigenvalue weighted by Crippen LogP contribution is 2.36. The van der Waals surface area contributed by atoms with Gasteiger partial charge in [0.25, 0.3) is 0 Å². The van der Waals surface area contributed by atoms with E-state index in [-0.39, 0.29) is 5.92 Å². The van der Waals surface area contributed by atoms with Crippen LogP contribution in [0.4, 0.5) is 5.82 Å². The van der Waals surface area contributed by atoms with Crippen molar-refractivity contribution in [3.63, 3.8) is 0 Å². The minimum absolute atomic E-state index is 0.287. The molecule has 0 aliphatic heterocycles. The Hall–Kier alpha value is -1.13. The van der Waals surface area contributed by atoms with Crippen LogP contribution in [0.1, 0.15) is 38.1 Å². The first-order valence-electron chi connectivity index (χ1n) is 6.40. The van der Waals surface area contributed by atoms with Crippen LogP contribution in [0.5, 0.6) is 0 Å². The van der Waals surface area contributed by atoms with E-state index in [9.17, 15) is 0 Å². The van der Waals surface area contributed by atoms with E-state index in [1.165, 1.54) is 0 Å². The fourth-order valence-corrected chi connectivity index (χ4v) is 3.01. The number of nitrogens with zero attached hydrogens (tertiary/aromatic N) is 2. The van der Waals surface area contributed by atoms with Crippen molar-refractivity contribution in [2.75, 3.05) is 11.9 Å². The highest BCUT2D eigenvalue weighted by Gasteiger charge is 2.16. The van der Waals surface area contributed by atoms with Crippen LogP contribution >= 0.6 is 22.9 Å². The first-order valence-corrected chi connectivity index (χ1v) is 7.66. The number of hydrogen-bond donors (Lipinski definition) is 1. The van der Waals surface area contributed by atoms with Gasteiger partial charge in [0.2, 0.25) is 0 Å². The molecule has 0 aromatic carbocycles. The molecule has 0 unspecified atom stereocenters. The predicted octanol–water partition coefficient (Wildman–Crippen LogP) is 4.72. The van der Waals surface area contributed by atoms with Crippen LogP contribution in [0.25, 0.3) is 10.6 Å². The number of thiophene rings is 1. The van der Waals surface area contributed by atoms with Gasteiger partial charge in [-0.2, -0.15) is 0 Å². The third-order valence-corrected chi connectivity index (χ3v) is 4.20. The summed E-state index contributed by atoms with van der Waals surface area (Å²) >= 11 is 7.85. The smallest absolute Gasteiger partial charge is 0.134 e. The van der Waals surface area contributed by atoms with Crippen molar-refractivity contribution in [1.29, 1.82) is 0 Å². The number of anilines is 1. The molecular weight excluding hydrogens is 278 g/mol. The number of rotatable bonds is 4. The molecule has 0 saturated carbocycles. The molecule has 2 aromatic rings. The van der Waals surface area contributed by atoms with E-state index in [4.69, 9.17) is 16.6 Å². The number of halogens is 1. The molecule has 5 heteroatoms. The van der Waals surface area contributed by atoms with Crippen molar-refractivity contribution in [2.45, 2.75) is 33.6 Å². The molecule has 0 radical (unpaired) electrons. The Balaban J connectivity index is 2.62. The van der Waals surface area contributed by atoms with Crippen molar-refractivity contribution in [1.82, 2.24) is 9.97 Å². The Labute approximate surface area is 123 Å². The molecule has 0 amide bonds. The molecule has 102 valence electrons. The lowest BCUT2D eigenvalue weighted by molar-refractivity contribution is 0.774. The van der Waals surface area contributed by atoms with Gasteiger partial charge in [-0.15, -0.1) is 11.3 Å². The summed E-state index contributed by atoms with van der Waals surface area (Å²) in [5.74, 6) is 2.04. The lowest BCUT2D eigenvalue weighted by atomic mass is 10.1. The van der Waals surface area contributed by atoms with Crippen LogP contribution in [-0.2, 0) is 0 Å². The summed E-state index contributed by atoms with van der Waals surface area (Å²) in [4.78, 5) is 10.3. The summed E-state index contributed by atoms with van der Waals surface area (Å²) in [6, 6.07) is 1.91. The van der Waals surface area contributed by atoms with Crippen molar-refractivity contribution in [2.24, 2.45) is 0 Å². The molecule has 3 nitrogen and oxygen atoms in total. The zero-order valence-electron chi connectivity index (χ0n) is 11.6. The Morgan fingerprint density at radius 3 is 2.63 bits per heavy atom. The van der Waals surface area contributed by atoms with Crippen LogP contribution < -0.4 is 5.32 Å². The van der Waals surface area contributed by atoms with Gasteiger partial charge in [0, 0.05) is 18.0 Å². The van der Waals surface area contributed by atoms with Gasteiger partial charge in [-0.05, 0) is 25.3 Å². The Morgan fingerprint density at radius 2 is 2.11 bits per heavy atom. The number of aromatic nitrogens is 2. The first kappa shape index (κ1) is 14.3. The van der Waals surface area contributed by atoms with Crippen molar-refractivity contribution in [3.05, 3.63) is 27.9 Å². The van der Waals surface area contributed by atoms with Gasteiger partial charge in [-0.25, -0.2) is 9.97 Å². The molecule has 0 aliphatic rings. The molecule has 0 fully saturated rings. The summed E-state index contributed by atoms with van der Waals surface area (Å²) in [5, 5.41) is 6.04. The lowest BCUT2D eigenvalue weighted by Gasteiger charge is -2.14. The predicted molar refractivity (Wildman–Crippen MR) is 83.3 cm³/mol. The topological polar surface area (TPSA) is 37.8 Å². The van der Waals surface area contributed by atoms with Gasteiger partial charge in [-0.1, -0.05) is 25.4 Å². The van der Waals surface area contributed by atoms with Crippen molar-refractivity contribution in [3.8, 4) is 10.6 Å². The third-order valence-electron chi connectivity index (χ3n) is 2.86. The summed E-state index contributed by atoms with van der Waals surface area (Å²) in [7, 11) is 0. The molecule has 0 aliphatic carbocycles. The van der Waals surface area contributed by atoms with Gasteiger partial charge in [-0.3, -0.25) is 0 Å². The highest BCUT2D eigenvalue weighted by molar-refractivity contribution is 7.14. The second-order valence-electron chi connectivity index (χ2n) is 4.69. The standard InChI is InChI=1S/C14H18ClN3S/c1-5-16-14-9(4)11(12-10(15)6-7-19-12)17-13(18-14)8(2)3/h6-8H,5H2,1-4H3,(H,16,17,18). The Morgan fingerprint density at radius 1 is 1.37 bits per heavy atom. The normalized spacial score (nSPS) is 11.1. The quantitative estimate of drug-likeness (QED) is 0.886. The van der Waals surface area contributed by atoms with E-state index < -0.39 is 0 Å². The fraction of sp³-hybridized carbons (Fsp3) is 0.429. The fourth-order valence-electron chi connectivity index (χ4n) is 1.82. The minimum atomic E-state index is 0.287. The van der Waals surface area contributed by atoms with Gasteiger partial charge in [0.1, 0.15) is 11.6 Å².